The lowest BCUT2D eigenvalue weighted by atomic mass is 10.0. The molecule has 1 aliphatic rings. The zero-order chi connectivity index (χ0) is 6.69. The third-order valence-corrected chi connectivity index (χ3v) is 1.33. The quantitative estimate of drug-likeness (QED) is 0.512. The van der Waals surface area contributed by atoms with Gasteiger partial charge in [0.25, 0.3) is 0 Å². The minimum absolute atomic E-state index is 0.0694. The van der Waals surface area contributed by atoms with Crippen LogP contribution >= 0.6 is 0 Å². The van der Waals surface area contributed by atoms with Crippen molar-refractivity contribution in [1.82, 2.24) is 0 Å². The highest BCUT2D eigenvalue weighted by Gasteiger charge is 2.07. The van der Waals surface area contributed by atoms with Crippen LogP contribution in [-0.2, 0) is 0 Å². The zero-order valence-electron chi connectivity index (χ0n) is 5.04. The maximum Gasteiger partial charge on any atom is 0.0963 e. The maximum atomic E-state index is 8.43. The molecule has 0 aromatic heterocycles. The Morgan fingerprint density at radius 1 is 1.78 bits per heavy atom. The van der Waals surface area contributed by atoms with Crippen molar-refractivity contribution in [3.8, 4) is 6.07 Å². The van der Waals surface area contributed by atoms with Crippen LogP contribution in [0.4, 0.5) is 0 Å². The first-order chi connectivity index (χ1) is 4.34. The Kier molecular flexibility index (Phi) is 1.66. The number of hydrogen-bond acceptors (Lipinski definition) is 2. The van der Waals surface area contributed by atoms with Gasteiger partial charge in [-0.1, -0.05) is 12.2 Å². The van der Waals surface area contributed by atoms with Crippen molar-refractivity contribution in [1.29, 1.82) is 5.26 Å². The first kappa shape index (κ1) is 6.06. The number of nitriles is 1. The van der Waals surface area contributed by atoms with Crippen molar-refractivity contribution < 1.29 is 0 Å². The molecule has 0 fully saturated rings. The Labute approximate surface area is 54.3 Å². The Morgan fingerprint density at radius 2 is 2.56 bits per heavy atom. The number of rotatable bonds is 0. The van der Waals surface area contributed by atoms with E-state index in [0.29, 0.717) is 5.57 Å². The second kappa shape index (κ2) is 2.47. The van der Waals surface area contributed by atoms with E-state index in [1.165, 1.54) is 0 Å². The Balaban J connectivity index is 2.78. The van der Waals surface area contributed by atoms with E-state index in [0.717, 1.165) is 6.42 Å². The van der Waals surface area contributed by atoms with Crippen LogP contribution in [0.2, 0.25) is 0 Å². The summed E-state index contributed by atoms with van der Waals surface area (Å²) in [6, 6.07) is 1.97. The SMILES string of the molecule is N#CC1=CC=CCC1N. The molecule has 0 heterocycles. The third kappa shape index (κ3) is 1.18. The number of nitrogens with two attached hydrogens (primary N) is 1. The van der Waals surface area contributed by atoms with E-state index >= 15 is 0 Å². The lowest BCUT2D eigenvalue weighted by Crippen LogP contribution is -2.22. The second-order valence-electron chi connectivity index (χ2n) is 2.00. The summed E-state index contributed by atoms with van der Waals surface area (Å²) in [5.41, 5.74) is 6.23. The van der Waals surface area contributed by atoms with Crippen molar-refractivity contribution in [2.45, 2.75) is 12.5 Å². The molecule has 0 bridgehead atoms. The van der Waals surface area contributed by atoms with Gasteiger partial charge in [0.2, 0.25) is 0 Å². The Hall–Kier alpha value is -1.07. The summed E-state index contributed by atoms with van der Waals surface area (Å²) in [7, 11) is 0. The summed E-state index contributed by atoms with van der Waals surface area (Å²) in [4.78, 5) is 0. The maximum absolute atomic E-state index is 8.43. The van der Waals surface area contributed by atoms with E-state index in [4.69, 9.17) is 11.0 Å². The van der Waals surface area contributed by atoms with Gasteiger partial charge in [-0.3, -0.25) is 0 Å². The number of nitrogens with zero attached hydrogens (tertiary/aromatic N) is 1. The lowest BCUT2D eigenvalue weighted by molar-refractivity contribution is 0.796. The van der Waals surface area contributed by atoms with Crippen molar-refractivity contribution in [2.75, 3.05) is 0 Å². The molecule has 0 aromatic rings. The lowest BCUT2D eigenvalue weighted by Gasteiger charge is -2.08. The van der Waals surface area contributed by atoms with Crippen LogP contribution in [0.1, 0.15) is 6.42 Å². The fourth-order valence-electron chi connectivity index (χ4n) is 0.768. The van der Waals surface area contributed by atoms with Gasteiger partial charge in [0.1, 0.15) is 0 Å². The molecule has 0 amide bonds. The Morgan fingerprint density at radius 3 is 3.00 bits per heavy atom. The van der Waals surface area contributed by atoms with E-state index in [1.807, 2.05) is 18.2 Å². The molecule has 1 unspecified atom stereocenters. The molecule has 0 saturated heterocycles. The van der Waals surface area contributed by atoms with Gasteiger partial charge >= 0.3 is 0 Å². The van der Waals surface area contributed by atoms with Gasteiger partial charge in [-0.2, -0.15) is 5.26 Å². The molecular weight excluding hydrogens is 112 g/mol. The smallest absolute Gasteiger partial charge is 0.0963 e. The summed E-state index contributed by atoms with van der Waals surface area (Å²) < 4.78 is 0. The fraction of sp³-hybridized carbons (Fsp3) is 0.286. The fourth-order valence-corrected chi connectivity index (χ4v) is 0.768. The van der Waals surface area contributed by atoms with Gasteiger partial charge in [-0.15, -0.1) is 0 Å². The van der Waals surface area contributed by atoms with E-state index in [2.05, 4.69) is 0 Å². The summed E-state index contributed by atoms with van der Waals surface area (Å²) in [5.74, 6) is 0. The molecular formula is C7H8N2. The molecule has 2 N–H and O–H groups in total. The minimum atomic E-state index is -0.0694. The van der Waals surface area contributed by atoms with Crippen LogP contribution in [0, 0.1) is 11.3 Å². The monoisotopic (exact) mass is 120 g/mol. The number of allylic oxidation sites excluding steroid dienone is 2. The first-order valence-corrected chi connectivity index (χ1v) is 2.87. The van der Waals surface area contributed by atoms with Crippen LogP contribution in [0.3, 0.4) is 0 Å². The standard InChI is InChI=1S/C7H8N2/c8-5-6-3-1-2-4-7(6)9/h1-3,7H,4,9H2. The first-order valence-electron chi connectivity index (χ1n) is 2.87. The highest BCUT2D eigenvalue weighted by molar-refractivity contribution is 5.33. The molecule has 1 aliphatic carbocycles. The van der Waals surface area contributed by atoms with Crippen LogP contribution in [0.15, 0.2) is 23.8 Å². The van der Waals surface area contributed by atoms with Gasteiger partial charge in [0, 0.05) is 11.6 Å². The number of hydrogen-bond donors (Lipinski definition) is 1. The Bertz CT molecular complexity index is 195. The van der Waals surface area contributed by atoms with Gasteiger partial charge in [-0.25, -0.2) is 0 Å². The average Bonchev–Trinajstić information content (AvgIpc) is 1.89. The highest BCUT2D eigenvalue weighted by Crippen LogP contribution is 2.08. The molecule has 1 rings (SSSR count). The van der Waals surface area contributed by atoms with Crippen molar-refractivity contribution in [3.63, 3.8) is 0 Å². The predicted molar refractivity (Wildman–Crippen MR) is 35.4 cm³/mol. The zero-order valence-corrected chi connectivity index (χ0v) is 5.04. The average molecular weight is 120 g/mol. The van der Waals surface area contributed by atoms with Crippen LogP contribution in [0.25, 0.3) is 0 Å². The van der Waals surface area contributed by atoms with Gasteiger partial charge in [-0.05, 0) is 12.5 Å². The minimum Gasteiger partial charge on any atom is -0.323 e. The summed E-state index contributed by atoms with van der Waals surface area (Å²) >= 11 is 0. The topological polar surface area (TPSA) is 49.8 Å². The molecule has 0 saturated carbocycles. The normalized spacial score (nSPS) is 24.9. The molecule has 0 aliphatic heterocycles. The highest BCUT2D eigenvalue weighted by atomic mass is 14.6. The van der Waals surface area contributed by atoms with Crippen molar-refractivity contribution in [3.05, 3.63) is 23.8 Å². The molecule has 46 valence electrons. The molecule has 0 radical (unpaired) electrons. The predicted octanol–water partition coefficient (Wildman–Crippen LogP) is 0.724. The molecule has 0 spiro atoms. The van der Waals surface area contributed by atoms with E-state index in [-0.39, 0.29) is 6.04 Å². The molecule has 2 nitrogen and oxygen atoms in total. The van der Waals surface area contributed by atoms with E-state index in [1.54, 1.807) is 6.08 Å². The third-order valence-electron chi connectivity index (χ3n) is 1.33. The van der Waals surface area contributed by atoms with Gasteiger partial charge in [0.05, 0.1) is 6.07 Å². The molecule has 2 heteroatoms. The van der Waals surface area contributed by atoms with Crippen LogP contribution < -0.4 is 5.73 Å². The second-order valence-corrected chi connectivity index (χ2v) is 2.00. The van der Waals surface area contributed by atoms with Crippen LogP contribution in [0.5, 0.6) is 0 Å². The van der Waals surface area contributed by atoms with Gasteiger partial charge < -0.3 is 5.73 Å². The largest absolute Gasteiger partial charge is 0.323 e. The molecule has 1 atom stereocenters. The molecule has 9 heavy (non-hydrogen) atoms. The van der Waals surface area contributed by atoms with Crippen molar-refractivity contribution in [2.24, 2.45) is 5.73 Å². The molecule has 0 aromatic carbocycles. The van der Waals surface area contributed by atoms with Crippen molar-refractivity contribution >= 4 is 0 Å². The van der Waals surface area contributed by atoms with Gasteiger partial charge in [0.15, 0.2) is 0 Å². The summed E-state index contributed by atoms with van der Waals surface area (Å²) in [6.45, 7) is 0. The summed E-state index contributed by atoms with van der Waals surface area (Å²) in [6.07, 6.45) is 6.38. The van der Waals surface area contributed by atoms with E-state index < -0.39 is 0 Å². The van der Waals surface area contributed by atoms with Crippen LogP contribution in [-0.4, -0.2) is 6.04 Å². The van der Waals surface area contributed by atoms with E-state index in [9.17, 15) is 0 Å². The summed E-state index contributed by atoms with van der Waals surface area (Å²) in [5, 5.41) is 8.43.